The molecule has 1 saturated heterocycles. The normalized spacial score (nSPS) is 20.4. The van der Waals surface area contributed by atoms with E-state index in [9.17, 15) is 17.6 Å². The molecule has 1 aliphatic carbocycles. The van der Waals surface area contributed by atoms with Gasteiger partial charge in [-0.05, 0) is 49.6 Å². The first-order chi connectivity index (χ1) is 15.4. The number of morpholine rings is 1. The standard InChI is InChI=1S/C24H29FN2O4S/c1-18-11-12-22(15-23(18)25)32(29,30)26-13-14-31-21(16-26)17-27(20-9-5-6-10-20)24(28)19-7-3-2-4-8-19/h2-4,7-8,11-12,15,20-21H,5-6,9-10,13-14,16-17H2,1H3. The third kappa shape index (κ3) is 4.87. The zero-order valence-corrected chi connectivity index (χ0v) is 19.1. The van der Waals surface area contributed by atoms with Gasteiger partial charge in [0, 0.05) is 31.2 Å². The molecule has 0 spiro atoms. The molecule has 1 aliphatic heterocycles. The van der Waals surface area contributed by atoms with Crippen LogP contribution in [0.15, 0.2) is 53.4 Å². The van der Waals surface area contributed by atoms with Crippen molar-refractivity contribution >= 4 is 15.9 Å². The summed E-state index contributed by atoms with van der Waals surface area (Å²) in [5.74, 6) is -0.599. The summed E-state index contributed by atoms with van der Waals surface area (Å²) in [6, 6.07) is 13.3. The highest BCUT2D eigenvalue weighted by Crippen LogP contribution is 2.27. The van der Waals surface area contributed by atoms with Crippen LogP contribution in [0.5, 0.6) is 0 Å². The van der Waals surface area contributed by atoms with E-state index in [0.29, 0.717) is 17.7 Å². The van der Waals surface area contributed by atoms with Gasteiger partial charge in [0.05, 0.1) is 17.6 Å². The molecule has 0 bridgehead atoms. The van der Waals surface area contributed by atoms with E-state index in [4.69, 9.17) is 4.74 Å². The topological polar surface area (TPSA) is 66.9 Å². The van der Waals surface area contributed by atoms with E-state index in [0.717, 1.165) is 31.7 Å². The van der Waals surface area contributed by atoms with Crippen LogP contribution >= 0.6 is 0 Å². The third-order valence-electron chi connectivity index (χ3n) is 6.33. The van der Waals surface area contributed by atoms with Crippen LogP contribution in [0.1, 0.15) is 41.6 Å². The van der Waals surface area contributed by atoms with Crippen molar-refractivity contribution in [3.05, 3.63) is 65.5 Å². The molecule has 2 aromatic carbocycles. The number of amides is 1. The van der Waals surface area contributed by atoms with Crippen LogP contribution in [-0.2, 0) is 14.8 Å². The number of sulfonamides is 1. The van der Waals surface area contributed by atoms with Gasteiger partial charge in [-0.1, -0.05) is 37.1 Å². The maximum absolute atomic E-state index is 14.0. The van der Waals surface area contributed by atoms with Gasteiger partial charge in [-0.25, -0.2) is 12.8 Å². The molecule has 2 aliphatic rings. The van der Waals surface area contributed by atoms with E-state index in [2.05, 4.69) is 0 Å². The Kier molecular flexibility index (Phi) is 6.93. The number of aryl methyl sites for hydroxylation is 1. The molecular formula is C24H29FN2O4S. The molecule has 32 heavy (non-hydrogen) atoms. The number of benzene rings is 2. The minimum atomic E-state index is -3.85. The molecule has 6 nitrogen and oxygen atoms in total. The van der Waals surface area contributed by atoms with Crippen LogP contribution in [0, 0.1) is 12.7 Å². The molecule has 2 fully saturated rings. The largest absolute Gasteiger partial charge is 0.374 e. The third-order valence-corrected chi connectivity index (χ3v) is 8.19. The summed E-state index contributed by atoms with van der Waals surface area (Å²) >= 11 is 0. The van der Waals surface area contributed by atoms with E-state index >= 15 is 0 Å². The number of nitrogens with zero attached hydrogens (tertiary/aromatic N) is 2. The lowest BCUT2D eigenvalue weighted by molar-refractivity contribution is -0.0226. The van der Waals surface area contributed by atoms with Crippen molar-refractivity contribution in [1.82, 2.24) is 9.21 Å². The Labute approximate surface area is 189 Å². The average molecular weight is 461 g/mol. The van der Waals surface area contributed by atoms with Crippen LogP contribution in [0.3, 0.4) is 0 Å². The Bertz CT molecular complexity index is 1050. The van der Waals surface area contributed by atoms with Gasteiger partial charge in [-0.2, -0.15) is 4.31 Å². The number of rotatable bonds is 6. The molecule has 1 unspecified atom stereocenters. The van der Waals surface area contributed by atoms with Crippen LogP contribution in [-0.4, -0.2) is 61.9 Å². The number of carbonyl (C=O) groups is 1. The Morgan fingerprint density at radius 1 is 1.16 bits per heavy atom. The van der Waals surface area contributed by atoms with E-state index in [1.165, 1.54) is 16.4 Å². The summed E-state index contributed by atoms with van der Waals surface area (Å²) in [4.78, 5) is 15.1. The highest BCUT2D eigenvalue weighted by molar-refractivity contribution is 7.89. The predicted molar refractivity (Wildman–Crippen MR) is 119 cm³/mol. The fourth-order valence-corrected chi connectivity index (χ4v) is 5.95. The fourth-order valence-electron chi connectivity index (χ4n) is 4.48. The van der Waals surface area contributed by atoms with Gasteiger partial charge < -0.3 is 9.64 Å². The van der Waals surface area contributed by atoms with Gasteiger partial charge in [0.15, 0.2) is 0 Å². The Hall–Kier alpha value is -2.29. The van der Waals surface area contributed by atoms with E-state index in [-0.39, 0.29) is 36.5 Å². The van der Waals surface area contributed by atoms with Crippen molar-refractivity contribution in [3.63, 3.8) is 0 Å². The van der Waals surface area contributed by atoms with Crippen LogP contribution in [0.2, 0.25) is 0 Å². The quantitative estimate of drug-likeness (QED) is 0.661. The van der Waals surface area contributed by atoms with Gasteiger partial charge in [0.2, 0.25) is 10.0 Å². The molecule has 1 saturated carbocycles. The summed E-state index contributed by atoms with van der Waals surface area (Å²) in [6.07, 6.45) is 3.59. The Morgan fingerprint density at radius 2 is 1.88 bits per heavy atom. The highest BCUT2D eigenvalue weighted by atomic mass is 32.2. The molecule has 0 aromatic heterocycles. The smallest absolute Gasteiger partial charge is 0.254 e. The number of ether oxygens (including phenoxy) is 1. The van der Waals surface area contributed by atoms with Crippen LogP contribution in [0.25, 0.3) is 0 Å². The van der Waals surface area contributed by atoms with Crippen LogP contribution in [0.4, 0.5) is 4.39 Å². The zero-order valence-electron chi connectivity index (χ0n) is 18.2. The van der Waals surface area contributed by atoms with Crippen molar-refractivity contribution in [3.8, 4) is 0 Å². The molecule has 172 valence electrons. The number of hydrogen-bond donors (Lipinski definition) is 0. The Balaban J connectivity index is 1.52. The van der Waals surface area contributed by atoms with E-state index in [1.807, 2.05) is 23.1 Å². The van der Waals surface area contributed by atoms with E-state index < -0.39 is 21.9 Å². The zero-order chi connectivity index (χ0) is 22.7. The first-order valence-corrected chi connectivity index (χ1v) is 12.5. The molecule has 1 amide bonds. The summed E-state index contributed by atoms with van der Waals surface area (Å²) in [7, 11) is -3.85. The molecule has 0 radical (unpaired) electrons. The molecule has 0 N–H and O–H groups in total. The monoisotopic (exact) mass is 460 g/mol. The highest BCUT2D eigenvalue weighted by Gasteiger charge is 2.35. The molecule has 8 heteroatoms. The lowest BCUT2D eigenvalue weighted by atomic mass is 10.1. The van der Waals surface area contributed by atoms with Crippen molar-refractivity contribution in [2.24, 2.45) is 0 Å². The van der Waals surface area contributed by atoms with Crippen LogP contribution < -0.4 is 0 Å². The first kappa shape index (κ1) is 22.9. The van der Waals surface area contributed by atoms with Crippen molar-refractivity contribution in [2.75, 3.05) is 26.2 Å². The molecular weight excluding hydrogens is 431 g/mol. The Morgan fingerprint density at radius 3 is 2.56 bits per heavy atom. The van der Waals surface area contributed by atoms with Gasteiger partial charge in [-0.3, -0.25) is 4.79 Å². The minimum absolute atomic E-state index is 0.0540. The van der Waals surface area contributed by atoms with Crippen molar-refractivity contribution in [1.29, 1.82) is 0 Å². The van der Waals surface area contributed by atoms with Gasteiger partial charge in [-0.15, -0.1) is 0 Å². The minimum Gasteiger partial charge on any atom is -0.374 e. The summed E-state index contributed by atoms with van der Waals surface area (Å²) in [5, 5.41) is 0. The second kappa shape index (κ2) is 9.68. The molecule has 2 aromatic rings. The lowest BCUT2D eigenvalue weighted by Gasteiger charge is -2.37. The second-order valence-electron chi connectivity index (χ2n) is 8.53. The average Bonchev–Trinajstić information content (AvgIpc) is 3.34. The second-order valence-corrected chi connectivity index (χ2v) is 10.5. The molecule has 1 atom stereocenters. The lowest BCUT2D eigenvalue weighted by Crippen LogP contribution is -2.52. The molecule has 1 heterocycles. The predicted octanol–water partition coefficient (Wildman–Crippen LogP) is 3.61. The van der Waals surface area contributed by atoms with Gasteiger partial charge in [0.1, 0.15) is 5.82 Å². The van der Waals surface area contributed by atoms with Crippen molar-refractivity contribution < 1.29 is 22.3 Å². The maximum Gasteiger partial charge on any atom is 0.254 e. The maximum atomic E-state index is 14.0. The van der Waals surface area contributed by atoms with Gasteiger partial charge in [0.25, 0.3) is 5.91 Å². The number of carbonyl (C=O) groups excluding carboxylic acids is 1. The van der Waals surface area contributed by atoms with Crippen molar-refractivity contribution in [2.45, 2.75) is 49.6 Å². The summed E-state index contributed by atoms with van der Waals surface area (Å²) in [5.41, 5.74) is 1.02. The number of halogens is 1. The summed E-state index contributed by atoms with van der Waals surface area (Å²) in [6.45, 7) is 2.48. The number of hydrogen-bond acceptors (Lipinski definition) is 4. The molecule has 4 rings (SSSR count). The summed E-state index contributed by atoms with van der Waals surface area (Å²) < 4.78 is 47.5. The fraction of sp³-hybridized carbons (Fsp3) is 0.458. The SMILES string of the molecule is Cc1ccc(S(=O)(=O)N2CCOC(CN(C(=O)c3ccccc3)C3CCCC3)C2)cc1F. The first-order valence-electron chi connectivity index (χ1n) is 11.1. The van der Waals surface area contributed by atoms with Gasteiger partial charge >= 0.3 is 0 Å². The van der Waals surface area contributed by atoms with E-state index in [1.54, 1.807) is 19.1 Å².